The van der Waals surface area contributed by atoms with Crippen molar-refractivity contribution in [2.24, 2.45) is 5.92 Å². The van der Waals surface area contributed by atoms with Gasteiger partial charge >= 0.3 is 5.97 Å². The Kier molecular flexibility index (Phi) is 7.13. The van der Waals surface area contributed by atoms with Crippen LogP contribution >= 0.6 is 11.3 Å². The maximum Gasteiger partial charge on any atom is 0.328 e. The minimum atomic E-state index is -0.611. The van der Waals surface area contributed by atoms with Gasteiger partial charge in [-0.1, -0.05) is 44.2 Å². The molecule has 6 heteroatoms. The number of nitrogens with one attached hydrogen (secondary N) is 1. The van der Waals surface area contributed by atoms with E-state index in [4.69, 9.17) is 4.74 Å². The van der Waals surface area contributed by atoms with E-state index in [1.807, 2.05) is 37.4 Å². The first-order valence-electron chi connectivity index (χ1n) is 8.32. The Hall–Kier alpha value is -2.21. The van der Waals surface area contributed by atoms with E-state index in [1.54, 1.807) is 11.3 Å². The topological polar surface area (TPSA) is 68.3 Å². The normalized spacial score (nSPS) is 12.0. The molecule has 134 valence electrons. The summed E-state index contributed by atoms with van der Waals surface area (Å²) in [6.07, 6.45) is 1.47. The molecule has 0 saturated heterocycles. The number of aromatic nitrogens is 1. The van der Waals surface area contributed by atoms with E-state index in [-0.39, 0.29) is 18.2 Å². The predicted octanol–water partition coefficient (Wildman–Crippen LogP) is 2.98. The van der Waals surface area contributed by atoms with Gasteiger partial charge in [-0.25, -0.2) is 9.78 Å². The summed E-state index contributed by atoms with van der Waals surface area (Å²) >= 11 is 1.54. The average molecular weight is 360 g/mol. The van der Waals surface area contributed by atoms with Crippen molar-refractivity contribution in [3.8, 4) is 0 Å². The van der Waals surface area contributed by atoms with Crippen LogP contribution in [0.4, 0.5) is 0 Å². The number of hydrogen-bond donors (Lipinski definition) is 1. The number of carbonyl (C=O) groups is 2. The highest BCUT2D eigenvalue weighted by atomic mass is 32.1. The molecule has 2 rings (SSSR count). The second kappa shape index (κ2) is 9.32. The summed E-state index contributed by atoms with van der Waals surface area (Å²) in [6, 6.07) is 9.48. The molecule has 0 aliphatic heterocycles. The van der Waals surface area contributed by atoms with Crippen molar-refractivity contribution >= 4 is 23.2 Å². The lowest BCUT2D eigenvalue weighted by molar-refractivity contribution is -0.145. The standard InChI is InChI=1S/C19H24N2O3S/c1-13(2)9-16(19(23)24-3)21-17(22)11-15-12-25-18(20-15)10-14-7-5-4-6-8-14/h4-8,12-13,16H,9-11H2,1-3H3,(H,21,22). The van der Waals surface area contributed by atoms with E-state index in [9.17, 15) is 9.59 Å². The number of carbonyl (C=O) groups excluding carboxylic acids is 2. The van der Waals surface area contributed by atoms with E-state index in [0.29, 0.717) is 6.42 Å². The Morgan fingerprint density at radius 3 is 2.60 bits per heavy atom. The zero-order chi connectivity index (χ0) is 18.2. The van der Waals surface area contributed by atoms with Gasteiger partial charge in [-0.3, -0.25) is 4.79 Å². The van der Waals surface area contributed by atoms with Crippen LogP contribution in [-0.2, 0) is 27.2 Å². The quantitative estimate of drug-likeness (QED) is 0.735. The molecular weight excluding hydrogens is 336 g/mol. The number of ether oxygens (including phenoxy) is 1. The van der Waals surface area contributed by atoms with Gasteiger partial charge in [0.25, 0.3) is 0 Å². The number of amides is 1. The van der Waals surface area contributed by atoms with Crippen molar-refractivity contribution in [2.45, 2.75) is 39.2 Å². The summed E-state index contributed by atoms with van der Waals surface area (Å²) in [4.78, 5) is 28.6. The fourth-order valence-electron chi connectivity index (χ4n) is 2.52. The lowest BCUT2D eigenvalue weighted by Gasteiger charge is -2.18. The van der Waals surface area contributed by atoms with Gasteiger partial charge in [-0.2, -0.15) is 0 Å². The molecule has 1 N–H and O–H groups in total. The van der Waals surface area contributed by atoms with Crippen LogP contribution in [-0.4, -0.2) is 30.0 Å². The number of nitrogens with zero attached hydrogens (tertiary/aromatic N) is 1. The molecule has 1 heterocycles. The fourth-order valence-corrected chi connectivity index (χ4v) is 3.35. The van der Waals surface area contributed by atoms with Crippen molar-refractivity contribution in [2.75, 3.05) is 7.11 Å². The zero-order valence-electron chi connectivity index (χ0n) is 14.8. The molecule has 1 atom stereocenters. The van der Waals surface area contributed by atoms with Crippen LogP contribution in [0.1, 0.15) is 36.5 Å². The van der Waals surface area contributed by atoms with Gasteiger partial charge in [0, 0.05) is 11.8 Å². The monoisotopic (exact) mass is 360 g/mol. The lowest BCUT2D eigenvalue weighted by atomic mass is 10.0. The van der Waals surface area contributed by atoms with Crippen LogP contribution in [0.15, 0.2) is 35.7 Å². The Morgan fingerprint density at radius 2 is 1.96 bits per heavy atom. The van der Waals surface area contributed by atoms with E-state index < -0.39 is 12.0 Å². The molecule has 0 aliphatic rings. The molecule has 0 aliphatic carbocycles. The largest absolute Gasteiger partial charge is 0.467 e. The molecule has 1 unspecified atom stereocenters. The highest BCUT2D eigenvalue weighted by Crippen LogP contribution is 2.15. The van der Waals surface area contributed by atoms with Crippen LogP contribution in [0.2, 0.25) is 0 Å². The van der Waals surface area contributed by atoms with Gasteiger partial charge in [-0.05, 0) is 17.9 Å². The molecular formula is C19H24N2O3S. The Balaban J connectivity index is 1.92. The van der Waals surface area contributed by atoms with Crippen molar-refractivity contribution < 1.29 is 14.3 Å². The molecule has 5 nitrogen and oxygen atoms in total. The summed E-state index contributed by atoms with van der Waals surface area (Å²) in [5, 5.41) is 5.63. The maximum absolute atomic E-state index is 12.2. The van der Waals surface area contributed by atoms with Gasteiger partial charge in [0.2, 0.25) is 5.91 Å². The zero-order valence-corrected chi connectivity index (χ0v) is 15.6. The van der Waals surface area contributed by atoms with Crippen molar-refractivity contribution in [1.82, 2.24) is 10.3 Å². The van der Waals surface area contributed by atoms with Crippen molar-refractivity contribution in [3.05, 3.63) is 52.0 Å². The lowest BCUT2D eigenvalue weighted by Crippen LogP contribution is -2.43. The molecule has 1 aromatic heterocycles. The van der Waals surface area contributed by atoms with Crippen LogP contribution in [0, 0.1) is 5.92 Å². The van der Waals surface area contributed by atoms with Gasteiger partial charge in [-0.15, -0.1) is 11.3 Å². The third-order valence-electron chi connectivity index (χ3n) is 3.67. The van der Waals surface area contributed by atoms with E-state index in [2.05, 4.69) is 22.4 Å². The van der Waals surface area contributed by atoms with Gasteiger partial charge in [0.15, 0.2) is 0 Å². The van der Waals surface area contributed by atoms with Gasteiger partial charge in [0.05, 0.1) is 24.2 Å². The van der Waals surface area contributed by atoms with Crippen LogP contribution in [0.5, 0.6) is 0 Å². The molecule has 0 saturated carbocycles. The van der Waals surface area contributed by atoms with E-state index in [0.717, 1.165) is 17.1 Å². The average Bonchev–Trinajstić information content (AvgIpc) is 3.00. The van der Waals surface area contributed by atoms with Gasteiger partial charge < -0.3 is 10.1 Å². The first-order chi connectivity index (χ1) is 12.0. The second-order valence-electron chi connectivity index (χ2n) is 6.34. The minimum absolute atomic E-state index is 0.164. The van der Waals surface area contributed by atoms with E-state index in [1.165, 1.54) is 12.7 Å². The molecule has 0 bridgehead atoms. The summed E-state index contributed by atoms with van der Waals surface area (Å²) in [5.74, 6) is -0.348. The van der Waals surface area contributed by atoms with Crippen LogP contribution in [0.25, 0.3) is 0 Å². The molecule has 1 amide bonds. The maximum atomic E-state index is 12.2. The second-order valence-corrected chi connectivity index (χ2v) is 7.29. The molecule has 2 aromatic rings. The Labute approximate surface area is 152 Å². The highest BCUT2D eigenvalue weighted by molar-refractivity contribution is 7.09. The summed E-state index contributed by atoms with van der Waals surface area (Å²) in [7, 11) is 1.33. The summed E-state index contributed by atoms with van der Waals surface area (Å²) < 4.78 is 4.77. The number of hydrogen-bond acceptors (Lipinski definition) is 5. The minimum Gasteiger partial charge on any atom is -0.467 e. The van der Waals surface area contributed by atoms with Crippen LogP contribution < -0.4 is 5.32 Å². The van der Waals surface area contributed by atoms with Gasteiger partial charge in [0.1, 0.15) is 6.04 Å². The third-order valence-corrected chi connectivity index (χ3v) is 4.56. The molecule has 0 fully saturated rings. The summed E-state index contributed by atoms with van der Waals surface area (Å²) in [5.41, 5.74) is 1.91. The number of methoxy groups -OCH3 is 1. The van der Waals surface area contributed by atoms with Crippen molar-refractivity contribution in [1.29, 1.82) is 0 Å². The molecule has 25 heavy (non-hydrogen) atoms. The number of thiazole rings is 1. The van der Waals surface area contributed by atoms with Crippen LogP contribution in [0.3, 0.4) is 0 Å². The molecule has 1 aromatic carbocycles. The Morgan fingerprint density at radius 1 is 1.24 bits per heavy atom. The number of benzene rings is 1. The predicted molar refractivity (Wildman–Crippen MR) is 98.5 cm³/mol. The number of rotatable bonds is 8. The highest BCUT2D eigenvalue weighted by Gasteiger charge is 2.22. The summed E-state index contributed by atoms with van der Waals surface area (Å²) in [6.45, 7) is 4.00. The first-order valence-corrected chi connectivity index (χ1v) is 9.20. The first kappa shape index (κ1) is 19.1. The Bertz CT molecular complexity index is 698. The molecule has 0 radical (unpaired) electrons. The van der Waals surface area contributed by atoms with E-state index >= 15 is 0 Å². The fraction of sp³-hybridized carbons (Fsp3) is 0.421. The SMILES string of the molecule is COC(=O)C(CC(C)C)NC(=O)Cc1csc(Cc2ccccc2)n1. The third kappa shape index (κ3) is 6.31. The molecule has 0 spiro atoms. The van der Waals surface area contributed by atoms with Crippen molar-refractivity contribution in [3.63, 3.8) is 0 Å². The number of esters is 1. The smallest absolute Gasteiger partial charge is 0.328 e.